The minimum absolute atomic E-state index is 0.117. The molecule has 0 unspecified atom stereocenters. The third kappa shape index (κ3) is 2.81. The predicted octanol–water partition coefficient (Wildman–Crippen LogP) is 5.93. The van der Waals surface area contributed by atoms with Crippen LogP contribution in [0.3, 0.4) is 0 Å². The molecule has 170 valence electrons. The molecule has 3 heteroatoms. The van der Waals surface area contributed by atoms with E-state index < -0.39 is 0 Å². The third-order valence-corrected chi connectivity index (χ3v) is 10.6. The lowest BCUT2D eigenvalue weighted by molar-refractivity contribution is -0.125. The Labute approximate surface area is 188 Å². The smallest absolute Gasteiger partial charge is 0.191 e. The van der Waals surface area contributed by atoms with Gasteiger partial charge in [-0.1, -0.05) is 53.7 Å². The van der Waals surface area contributed by atoms with Crippen molar-refractivity contribution in [2.75, 3.05) is 0 Å². The summed E-state index contributed by atoms with van der Waals surface area (Å²) < 4.78 is 6.49. The molecule has 0 bridgehead atoms. The number of hydrogen-bond donors (Lipinski definition) is 0. The Balaban J connectivity index is 1.45. The largest absolute Gasteiger partial charge is 0.357 e. The Bertz CT molecular complexity index is 867. The van der Waals surface area contributed by atoms with Crippen LogP contribution in [0.2, 0.25) is 0 Å². The van der Waals surface area contributed by atoms with E-state index in [-0.39, 0.29) is 34.1 Å². The average molecular weight is 425 g/mol. The van der Waals surface area contributed by atoms with Crippen LogP contribution in [-0.2, 0) is 14.3 Å². The molecule has 4 aliphatic carbocycles. The SMILES string of the molecule is CC(C)[C@@H](C)/C=C/[C@@H](C)[C@H]1CC[C@@H]2[C@]1(C)CC[C@H]1[C@]23O[C@H]3C(=O)C2=CC(=O)CC[C@@]21C. The highest BCUT2D eigenvalue weighted by atomic mass is 16.6. The van der Waals surface area contributed by atoms with E-state index in [1.165, 1.54) is 19.3 Å². The number of epoxide rings is 1. The molecule has 1 spiro atoms. The van der Waals surface area contributed by atoms with E-state index in [0.717, 1.165) is 18.4 Å². The Morgan fingerprint density at radius 2 is 1.74 bits per heavy atom. The molecule has 0 aromatic heterocycles. The summed E-state index contributed by atoms with van der Waals surface area (Å²) in [6.45, 7) is 14.0. The van der Waals surface area contributed by atoms with Crippen LogP contribution in [0.25, 0.3) is 0 Å². The maximum absolute atomic E-state index is 13.4. The van der Waals surface area contributed by atoms with Crippen LogP contribution in [-0.4, -0.2) is 23.3 Å². The zero-order valence-electron chi connectivity index (χ0n) is 20.2. The molecule has 3 saturated carbocycles. The number of ketones is 2. The standard InChI is InChI=1S/C28H40O3/c1-16(2)17(3)7-8-18(4)20-9-10-22-26(20,5)14-12-23-27(6)13-11-19(29)15-21(27)24(30)25-28(22,23)31-25/h7-8,15-18,20,22-23,25H,9-14H2,1-6H3/b8-7+/t17-,18+,20+,22+,23+,25-,26+,27-,28+/m0/s1. The second-order valence-electron chi connectivity index (χ2n) is 12.3. The van der Waals surface area contributed by atoms with Crippen molar-refractivity contribution in [2.24, 2.45) is 46.3 Å². The summed E-state index contributed by atoms with van der Waals surface area (Å²) in [6.07, 6.45) is 12.4. The van der Waals surface area contributed by atoms with E-state index in [1.54, 1.807) is 6.08 Å². The lowest BCUT2D eigenvalue weighted by atomic mass is 9.46. The van der Waals surface area contributed by atoms with Crippen molar-refractivity contribution in [2.45, 2.75) is 91.8 Å². The second-order valence-corrected chi connectivity index (χ2v) is 12.3. The predicted molar refractivity (Wildman–Crippen MR) is 122 cm³/mol. The first kappa shape index (κ1) is 21.6. The molecule has 3 nitrogen and oxygen atoms in total. The van der Waals surface area contributed by atoms with Gasteiger partial charge >= 0.3 is 0 Å². The van der Waals surface area contributed by atoms with Crippen molar-refractivity contribution < 1.29 is 14.3 Å². The minimum atomic E-state index is -0.294. The highest BCUT2D eigenvalue weighted by Crippen LogP contribution is 2.74. The second kappa shape index (κ2) is 6.89. The average Bonchev–Trinajstić information content (AvgIpc) is 3.33. The summed E-state index contributed by atoms with van der Waals surface area (Å²) in [5.41, 5.74) is 0.567. The van der Waals surface area contributed by atoms with Gasteiger partial charge in [0.1, 0.15) is 5.60 Å². The number of allylic oxidation sites excluding steroid dienone is 2. The number of carbonyl (C=O) groups is 2. The summed E-state index contributed by atoms with van der Waals surface area (Å²) in [6, 6.07) is 0. The number of ether oxygens (including phenoxy) is 1. The highest BCUT2D eigenvalue weighted by Gasteiger charge is 2.80. The van der Waals surface area contributed by atoms with E-state index in [1.807, 2.05) is 0 Å². The van der Waals surface area contributed by atoms with Crippen LogP contribution < -0.4 is 0 Å². The Hall–Kier alpha value is -1.22. The molecule has 0 aromatic rings. The van der Waals surface area contributed by atoms with E-state index in [4.69, 9.17) is 4.74 Å². The quantitative estimate of drug-likeness (QED) is 0.415. The van der Waals surface area contributed by atoms with Crippen LogP contribution in [0.4, 0.5) is 0 Å². The van der Waals surface area contributed by atoms with Gasteiger partial charge in [0.05, 0.1) is 0 Å². The maximum atomic E-state index is 13.4. The zero-order valence-corrected chi connectivity index (χ0v) is 20.2. The van der Waals surface area contributed by atoms with E-state index in [9.17, 15) is 9.59 Å². The molecule has 4 fully saturated rings. The highest BCUT2D eigenvalue weighted by molar-refractivity contribution is 6.09. The fourth-order valence-corrected chi connectivity index (χ4v) is 8.40. The molecule has 1 aliphatic heterocycles. The van der Waals surface area contributed by atoms with Crippen LogP contribution in [0, 0.1) is 46.3 Å². The van der Waals surface area contributed by atoms with Crippen molar-refractivity contribution in [3.63, 3.8) is 0 Å². The van der Waals surface area contributed by atoms with Gasteiger partial charge in [0.2, 0.25) is 0 Å². The van der Waals surface area contributed by atoms with Gasteiger partial charge in [-0.25, -0.2) is 0 Å². The number of carbonyl (C=O) groups excluding carboxylic acids is 2. The molecule has 5 rings (SSSR count). The van der Waals surface area contributed by atoms with Crippen LogP contribution in [0.1, 0.15) is 80.1 Å². The van der Waals surface area contributed by atoms with E-state index >= 15 is 0 Å². The van der Waals surface area contributed by atoms with Gasteiger partial charge in [0.15, 0.2) is 17.7 Å². The fourth-order valence-electron chi connectivity index (χ4n) is 8.40. The first-order chi connectivity index (χ1) is 14.6. The summed E-state index contributed by atoms with van der Waals surface area (Å²) in [5.74, 6) is 3.57. The Morgan fingerprint density at radius 1 is 1.00 bits per heavy atom. The van der Waals surface area contributed by atoms with Crippen molar-refractivity contribution in [1.29, 1.82) is 0 Å². The number of hydrogen-bond acceptors (Lipinski definition) is 3. The molecule has 1 heterocycles. The van der Waals surface area contributed by atoms with Gasteiger partial charge in [-0.3, -0.25) is 9.59 Å². The summed E-state index contributed by atoms with van der Waals surface area (Å²) >= 11 is 0. The molecule has 0 radical (unpaired) electrons. The Morgan fingerprint density at radius 3 is 2.45 bits per heavy atom. The van der Waals surface area contributed by atoms with Crippen molar-refractivity contribution in [3.05, 3.63) is 23.8 Å². The van der Waals surface area contributed by atoms with Gasteiger partial charge < -0.3 is 4.74 Å². The molecule has 9 atom stereocenters. The van der Waals surface area contributed by atoms with Gasteiger partial charge in [-0.05, 0) is 73.2 Å². The lowest BCUT2D eigenvalue weighted by Gasteiger charge is -2.56. The molecule has 1 saturated heterocycles. The van der Waals surface area contributed by atoms with Crippen molar-refractivity contribution >= 4 is 11.6 Å². The molecule has 0 aromatic carbocycles. The Kier molecular flexibility index (Phi) is 4.80. The molecule has 31 heavy (non-hydrogen) atoms. The van der Waals surface area contributed by atoms with Gasteiger partial charge in [0, 0.05) is 23.3 Å². The monoisotopic (exact) mass is 424 g/mol. The van der Waals surface area contributed by atoms with Gasteiger partial charge in [-0.2, -0.15) is 0 Å². The lowest BCUT2D eigenvalue weighted by Crippen LogP contribution is -2.59. The molecular weight excluding hydrogens is 384 g/mol. The van der Waals surface area contributed by atoms with Gasteiger partial charge in [0.25, 0.3) is 0 Å². The third-order valence-electron chi connectivity index (χ3n) is 10.6. The van der Waals surface area contributed by atoms with Crippen LogP contribution in [0.15, 0.2) is 23.8 Å². The molecule has 5 aliphatic rings. The van der Waals surface area contributed by atoms with E-state index in [0.29, 0.717) is 41.9 Å². The summed E-state index contributed by atoms with van der Waals surface area (Å²) in [7, 11) is 0. The topological polar surface area (TPSA) is 46.7 Å². The van der Waals surface area contributed by atoms with Crippen molar-refractivity contribution in [3.8, 4) is 0 Å². The number of rotatable bonds is 4. The number of fused-ring (bicyclic) bond motifs is 3. The fraction of sp³-hybridized carbons (Fsp3) is 0.786. The van der Waals surface area contributed by atoms with Gasteiger partial charge in [-0.15, -0.1) is 0 Å². The van der Waals surface area contributed by atoms with Crippen LogP contribution >= 0.6 is 0 Å². The molecule has 0 N–H and O–H groups in total. The summed E-state index contributed by atoms with van der Waals surface area (Å²) in [5, 5.41) is 0. The first-order valence-electron chi connectivity index (χ1n) is 12.7. The van der Waals surface area contributed by atoms with E-state index in [2.05, 4.69) is 53.7 Å². The minimum Gasteiger partial charge on any atom is -0.357 e. The molecule has 0 amide bonds. The van der Waals surface area contributed by atoms with Crippen molar-refractivity contribution in [1.82, 2.24) is 0 Å². The first-order valence-corrected chi connectivity index (χ1v) is 12.7. The zero-order chi connectivity index (χ0) is 22.3. The maximum Gasteiger partial charge on any atom is 0.191 e. The normalized spacial score (nSPS) is 48.0. The number of Topliss-reactive ketones (excluding diaryl/α,β-unsaturated/α-hetero) is 1. The van der Waals surface area contributed by atoms with Crippen LogP contribution in [0.5, 0.6) is 0 Å². The molecular formula is C28H40O3. The summed E-state index contributed by atoms with van der Waals surface area (Å²) in [4.78, 5) is 25.5.